The molecule has 8 nitrogen and oxygen atoms in total. The van der Waals surface area contributed by atoms with Gasteiger partial charge in [-0.2, -0.15) is 4.31 Å². The monoisotopic (exact) mass is 455 g/mol. The Morgan fingerprint density at radius 1 is 1.35 bits per heavy atom. The fraction of sp³-hybridized carbons (Fsp3) is 0.571. The Bertz CT molecular complexity index is 973. The van der Waals surface area contributed by atoms with E-state index in [4.69, 9.17) is 13.9 Å². The quantitative estimate of drug-likeness (QED) is 0.555. The van der Waals surface area contributed by atoms with E-state index < -0.39 is 15.8 Å². The molecule has 1 aliphatic carbocycles. The van der Waals surface area contributed by atoms with Crippen molar-refractivity contribution >= 4 is 15.8 Å². The van der Waals surface area contributed by atoms with E-state index in [0.717, 1.165) is 18.9 Å². The summed E-state index contributed by atoms with van der Waals surface area (Å²) in [5.74, 6) is 0.498. The van der Waals surface area contributed by atoms with Crippen molar-refractivity contribution in [2.45, 2.75) is 63.3 Å². The zero-order valence-corrected chi connectivity index (χ0v) is 19.1. The molecule has 0 amide bonds. The fourth-order valence-corrected chi connectivity index (χ4v) is 4.76. The van der Waals surface area contributed by atoms with E-state index in [0.29, 0.717) is 11.5 Å². The molecule has 0 bridgehead atoms. The molecule has 3 rings (SSSR count). The third-order valence-corrected chi connectivity index (χ3v) is 6.84. The highest BCUT2D eigenvalue weighted by Crippen LogP contribution is 2.29. The predicted molar refractivity (Wildman–Crippen MR) is 114 cm³/mol. The highest BCUT2D eigenvalue weighted by atomic mass is 32.2. The van der Waals surface area contributed by atoms with E-state index in [1.807, 2.05) is 13.8 Å². The largest absolute Gasteiger partial charge is 0.465 e. The lowest BCUT2D eigenvalue weighted by Crippen LogP contribution is -2.42. The highest BCUT2D eigenvalue weighted by Gasteiger charge is 2.32. The molecule has 172 valence electrons. The number of methoxy groups -OCH3 is 1. The summed E-state index contributed by atoms with van der Waals surface area (Å²) in [4.78, 5) is 3.82. The Kier molecular flexibility index (Phi) is 7.68. The van der Waals surface area contributed by atoms with Crippen LogP contribution in [0.4, 0.5) is 10.2 Å². The number of nitrogens with zero attached hydrogens (tertiary/aromatic N) is 2. The van der Waals surface area contributed by atoms with Gasteiger partial charge < -0.3 is 19.2 Å². The second-order valence-electron chi connectivity index (χ2n) is 7.96. The Morgan fingerprint density at radius 3 is 2.68 bits per heavy atom. The second kappa shape index (κ2) is 10.1. The van der Waals surface area contributed by atoms with Crippen molar-refractivity contribution in [1.29, 1.82) is 0 Å². The van der Waals surface area contributed by atoms with Gasteiger partial charge >= 0.3 is 0 Å². The molecule has 2 aromatic rings. The Balaban J connectivity index is 1.71. The molecule has 1 aliphatic rings. The van der Waals surface area contributed by atoms with Crippen LogP contribution >= 0.6 is 0 Å². The number of nitrogens with one attached hydrogen (secondary N) is 1. The third kappa shape index (κ3) is 6.03. The van der Waals surface area contributed by atoms with Crippen LogP contribution in [-0.2, 0) is 26.0 Å². The maximum Gasteiger partial charge on any atom is 0.245 e. The number of aryl methyl sites for hydroxylation is 1. The van der Waals surface area contributed by atoms with Gasteiger partial charge in [0.2, 0.25) is 10.0 Å². The molecule has 31 heavy (non-hydrogen) atoms. The number of anilines is 1. The first kappa shape index (κ1) is 23.6. The lowest BCUT2D eigenvalue weighted by Gasteiger charge is -2.37. The summed E-state index contributed by atoms with van der Waals surface area (Å²) >= 11 is 0. The lowest BCUT2D eigenvalue weighted by molar-refractivity contribution is -0.0401. The van der Waals surface area contributed by atoms with Crippen LogP contribution in [0, 0.1) is 12.7 Å². The van der Waals surface area contributed by atoms with Gasteiger partial charge in [-0.25, -0.2) is 17.8 Å². The molecule has 1 fully saturated rings. The van der Waals surface area contributed by atoms with Gasteiger partial charge in [0.15, 0.2) is 11.6 Å². The molecule has 0 unspecified atom stereocenters. The molecule has 0 atom stereocenters. The Morgan fingerprint density at radius 2 is 2.10 bits per heavy atom. The van der Waals surface area contributed by atoms with Gasteiger partial charge in [-0.15, -0.1) is 0 Å². The number of hydrogen-bond donors (Lipinski definition) is 1. The molecule has 0 radical (unpaired) electrons. The van der Waals surface area contributed by atoms with Crippen LogP contribution in [0.25, 0.3) is 0 Å². The minimum Gasteiger partial charge on any atom is -0.465 e. The zero-order chi connectivity index (χ0) is 22.6. The summed E-state index contributed by atoms with van der Waals surface area (Å²) in [6.45, 7) is 6.03. The predicted octanol–water partition coefficient (Wildman–Crippen LogP) is 3.33. The number of ether oxygens (including phenoxy) is 2. The van der Waals surface area contributed by atoms with E-state index in [9.17, 15) is 12.8 Å². The summed E-state index contributed by atoms with van der Waals surface area (Å²) in [6.07, 6.45) is 2.99. The van der Waals surface area contributed by atoms with Gasteiger partial charge in [0.25, 0.3) is 0 Å². The third-order valence-electron chi connectivity index (χ3n) is 5.03. The molecule has 2 heterocycles. The molecule has 10 heteroatoms. The standard InChI is InChI=1S/C21H30FN3O5S/c1-14(2)29-18-9-16(10-18)24-21-20(22)11-19(12-23-21)31(26,27)25(7-8-28-4)13-17-6-5-15(3)30-17/h5-6,11-12,14,16,18H,7-10,13H2,1-4H3,(H,23,24). The SMILES string of the molecule is COCCN(Cc1ccc(C)o1)S(=O)(=O)c1cnc(NC2CC(OC(C)C)C2)c(F)c1. The summed E-state index contributed by atoms with van der Waals surface area (Å²) in [6, 6.07) is 4.52. The Hall–Kier alpha value is -2.01. The number of pyridine rings is 1. The van der Waals surface area contributed by atoms with Crippen molar-refractivity contribution in [3.05, 3.63) is 41.7 Å². The number of furan rings is 1. The molecule has 2 aromatic heterocycles. The topological polar surface area (TPSA) is 93.9 Å². The summed E-state index contributed by atoms with van der Waals surface area (Å²) in [7, 11) is -2.51. The molecule has 0 aromatic carbocycles. The van der Waals surface area contributed by atoms with Crippen LogP contribution in [0.15, 0.2) is 33.7 Å². The van der Waals surface area contributed by atoms with Crippen LogP contribution in [0.2, 0.25) is 0 Å². The van der Waals surface area contributed by atoms with Gasteiger partial charge in [0, 0.05) is 25.9 Å². The van der Waals surface area contributed by atoms with E-state index in [1.54, 1.807) is 19.1 Å². The minimum atomic E-state index is -4.00. The van der Waals surface area contributed by atoms with Crippen LogP contribution in [0.3, 0.4) is 0 Å². The van der Waals surface area contributed by atoms with Crippen molar-refractivity contribution < 1.29 is 26.7 Å². The van der Waals surface area contributed by atoms with Gasteiger partial charge in [0.05, 0.1) is 25.4 Å². The van der Waals surface area contributed by atoms with Crippen molar-refractivity contribution in [2.75, 3.05) is 25.6 Å². The average molecular weight is 456 g/mol. The van der Waals surface area contributed by atoms with Crippen molar-refractivity contribution in [3.8, 4) is 0 Å². The smallest absolute Gasteiger partial charge is 0.245 e. The lowest BCUT2D eigenvalue weighted by atomic mass is 9.89. The average Bonchev–Trinajstić information content (AvgIpc) is 3.09. The summed E-state index contributed by atoms with van der Waals surface area (Å²) in [5, 5.41) is 3.03. The first-order valence-corrected chi connectivity index (χ1v) is 11.7. The van der Waals surface area contributed by atoms with E-state index >= 15 is 0 Å². The number of rotatable bonds is 11. The van der Waals surface area contributed by atoms with E-state index in [1.165, 1.54) is 17.6 Å². The normalized spacial score (nSPS) is 19.1. The van der Waals surface area contributed by atoms with Crippen molar-refractivity contribution in [1.82, 2.24) is 9.29 Å². The molecular weight excluding hydrogens is 425 g/mol. The van der Waals surface area contributed by atoms with E-state index in [-0.39, 0.29) is 48.7 Å². The minimum absolute atomic E-state index is 0.0144. The molecule has 0 spiro atoms. The summed E-state index contributed by atoms with van der Waals surface area (Å²) in [5.41, 5.74) is 0. The molecule has 0 aliphatic heterocycles. The molecule has 1 saturated carbocycles. The van der Waals surface area contributed by atoms with Gasteiger partial charge in [-0.1, -0.05) is 0 Å². The summed E-state index contributed by atoms with van der Waals surface area (Å²) < 4.78 is 58.4. The number of aromatic nitrogens is 1. The van der Waals surface area contributed by atoms with Crippen LogP contribution in [-0.4, -0.2) is 56.2 Å². The van der Waals surface area contributed by atoms with Crippen molar-refractivity contribution in [3.63, 3.8) is 0 Å². The van der Waals surface area contributed by atoms with E-state index in [2.05, 4.69) is 10.3 Å². The maximum atomic E-state index is 14.7. The number of sulfonamides is 1. The van der Waals surface area contributed by atoms with Crippen LogP contribution < -0.4 is 5.32 Å². The van der Waals surface area contributed by atoms with Gasteiger partial charge in [0.1, 0.15) is 16.4 Å². The first-order chi connectivity index (χ1) is 14.7. The first-order valence-electron chi connectivity index (χ1n) is 10.3. The Labute approximate surface area is 182 Å². The van der Waals surface area contributed by atoms with Crippen LogP contribution in [0.5, 0.6) is 0 Å². The zero-order valence-electron chi connectivity index (χ0n) is 18.3. The van der Waals surface area contributed by atoms with Crippen molar-refractivity contribution in [2.24, 2.45) is 0 Å². The second-order valence-corrected chi connectivity index (χ2v) is 9.90. The maximum absolute atomic E-state index is 14.7. The molecule has 1 N–H and O–H groups in total. The molecule has 0 saturated heterocycles. The number of hydrogen-bond acceptors (Lipinski definition) is 7. The number of halogens is 1. The van der Waals surface area contributed by atoms with Crippen LogP contribution in [0.1, 0.15) is 38.2 Å². The van der Waals surface area contributed by atoms with Gasteiger partial charge in [-0.05, 0) is 51.8 Å². The van der Waals surface area contributed by atoms with Gasteiger partial charge in [-0.3, -0.25) is 0 Å². The molecular formula is C21H30FN3O5S. The highest BCUT2D eigenvalue weighted by molar-refractivity contribution is 7.89. The fourth-order valence-electron chi connectivity index (χ4n) is 3.41.